The lowest BCUT2D eigenvalue weighted by atomic mass is 10.0. The van der Waals surface area contributed by atoms with Crippen LogP contribution in [0.3, 0.4) is 0 Å². The van der Waals surface area contributed by atoms with E-state index >= 15 is 0 Å². The minimum Gasteiger partial charge on any atom is -0.490 e. The molecule has 0 bridgehead atoms. The van der Waals surface area contributed by atoms with Gasteiger partial charge >= 0.3 is 0 Å². The van der Waals surface area contributed by atoms with Crippen LogP contribution in [0.2, 0.25) is 0 Å². The van der Waals surface area contributed by atoms with Crippen LogP contribution in [-0.4, -0.2) is 61.0 Å². The molecule has 0 radical (unpaired) electrons. The summed E-state index contributed by atoms with van der Waals surface area (Å²) < 4.78 is 11.7. The number of rotatable bonds is 5. The topological polar surface area (TPSA) is 59.1 Å². The van der Waals surface area contributed by atoms with Gasteiger partial charge < -0.3 is 19.3 Å². The first kappa shape index (κ1) is 17.6. The zero-order chi connectivity index (χ0) is 17.8. The molecule has 2 amide bonds. The molecule has 6 heteroatoms. The minimum absolute atomic E-state index is 0.0594. The van der Waals surface area contributed by atoms with Crippen molar-refractivity contribution in [3.63, 3.8) is 0 Å². The van der Waals surface area contributed by atoms with Crippen LogP contribution in [0.25, 0.3) is 0 Å². The maximum atomic E-state index is 12.6. The van der Waals surface area contributed by atoms with Crippen molar-refractivity contribution in [3.8, 4) is 11.5 Å². The fourth-order valence-electron chi connectivity index (χ4n) is 3.48. The molecule has 2 aliphatic heterocycles. The lowest BCUT2D eigenvalue weighted by Gasteiger charge is -2.33. The van der Waals surface area contributed by atoms with E-state index in [-0.39, 0.29) is 23.8 Å². The van der Waals surface area contributed by atoms with Crippen molar-refractivity contribution in [1.29, 1.82) is 0 Å². The number of benzene rings is 1. The summed E-state index contributed by atoms with van der Waals surface area (Å²) in [6.07, 6.45) is 2.01. The number of hydrogen-bond donors (Lipinski definition) is 0. The van der Waals surface area contributed by atoms with Crippen LogP contribution < -0.4 is 9.47 Å². The molecule has 25 heavy (non-hydrogen) atoms. The zero-order valence-electron chi connectivity index (χ0n) is 14.9. The van der Waals surface area contributed by atoms with Gasteiger partial charge in [-0.2, -0.15) is 0 Å². The van der Waals surface area contributed by atoms with Gasteiger partial charge in [-0.05, 0) is 19.1 Å². The van der Waals surface area contributed by atoms with Crippen molar-refractivity contribution >= 4 is 11.8 Å². The summed E-state index contributed by atoms with van der Waals surface area (Å²) in [7, 11) is 1.76. The van der Waals surface area contributed by atoms with Gasteiger partial charge in [-0.15, -0.1) is 0 Å². The molecular weight excluding hydrogens is 320 g/mol. The van der Waals surface area contributed by atoms with Gasteiger partial charge in [0.25, 0.3) is 0 Å². The average molecular weight is 346 g/mol. The average Bonchev–Trinajstić information content (AvgIpc) is 2.96. The number of amides is 2. The molecule has 136 valence electrons. The quantitative estimate of drug-likeness (QED) is 0.817. The van der Waals surface area contributed by atoms with Gasteiger partial charge in [0.1, 0.15) is 6.10 Å². The van der Waals surface area contributed by atoms with Gasteiger partial charge in [-0.1, -0.05) is 12.1 Å². The van der Waals surface area contributed by atoms with Crippen molar-refractivity contribution in [2.24, 2.45) is 5.92 Å². The number of para-hydroxylation sites is 2. The molecule has 0 aliphatic carbocycles. The molecule has 2 fully saturated rings. The zero-order valence-corrected chi connectivity index (χ0v) is 14.9. The van der Waals surface area contributed by atoms with Gasteiger partial charge in [-0.25, -0.2) is 0 Å². The highest BCUT2D eigenvalue weighted by atomic mass is 16.5. The van der Waals surface area contributed by atoms with E-state index < -0.39 is 0 Å². The maximum absolute atomic E-state index is 12.6. The van der Waals surface area contributed by atoms with Crippen molar-refractivity contribution < 1.29 is 19.1 Å². The van der Waals surface area contributed by atoms with E-state index in [1.165, 1.54) is 0 Å². The molecule has 1 atom stereocenters. The third-order valence-electron chi connectivity index (χ3n) is 4.89. The van der Waals surface area contributed by atoms with Crippen LogP contribution in [0.4, 0.5) is 0 Å². The first-order valence-corrected chi connectivity index (χ1v) is 8.99. The Morgan fingerprint density at radius 1 is 1.20 bits per heavy atom. The second kappa shape index (κ2) is 7.76. The number of carbonyl (C=O) groups excluding carboxylic acids is 2. The normalized spacial score (nSPS) is 21.5. The van der Waals surface area contributed by atoms with Crippen molar-refractivity contribution in [3.05, 3.63) is 24.3 Å². The summed E-state index contributed by atoms with van der Waals surface area (Å²) in [4.78, 5) is 27.7. The number of nitrogens with zero attached hydrogens (tertiary/aromatic N) is 2. The van der Waals surface area contributed by atoms with Crippen LogP contribution in [0.15, 0.2) is 24.3 Å². The van der Waals surface area contributed by atoms with E-state index in [1.54, 1.807) is 11.9 Å². The van der Waals surface area contributed by atoms with Crippen molar-refractivity contribution in [2.75, 3.05) is 33.3 Å². The molecule has 0 N–H and O–H groups in total. The van der Waals surface area contributed by atoms with Crippen LogP contribution in [0.1, 0.15) is 26.2 Å². The van der Waals surface area contributed by atoms with Crippen molar-refractivity contribution in [2.45, 2.75) is 32.3 Å². The molecule has 0 aromatic heterocycles. The Morgan fingerprint density at radius 2 is 1.88 bits per heavy atom. The summed E-state index contributed by atoms with van der Waals surface area (Å²) in [5, 5.41) is 0. The predicted octanol–water partition coefficient (Wildman–Crippen LogP) is 1.93. The Morgan fingerprint density at radius 3 is 2.48 bits per heavy atom. The maximum Gasteiger partial charge on any atom is 0.227 e. The molecular formula is C19H26N2O4. The number of ether oxygens (including phenoxy) is 2. The Labute approximate surface area is 148 Å². The van der Waals surface area contributed by atoms with Gasteiger partial charge in [0.2, 0.25) is 11.8 Å². The molecule has 1 unspecified atom stereocenters. The van der Waals surface area contributed by atoms with Gasteiger partial charge in [0.15, 0.2) is 11.5 Å². The van der Waals surface area contributed by atoms with E-state index in [1.807, 2.05) is 36.1 Å². The summed E-state index contributed by atoms with van der Waals surface area (Å²) in [5.74, 6) is 1.50. The summed E-state index contributed by atoms with van der Waals surface area (Å²) in [5.41, 5.74) is 0. The molecule has 0 spiro atoms. The predicted molar refractivity (Wildman–Crippen MR) is 93.6 cm³/mol. The summed E-state index contributed by atoms with van der Waals surface area (Å²) >= 11 is 0. The number of piperidine rings is 1. The minimum atomic E-state index is -0.186. The first-order chi connectivity index (χ1) is 12.1. The van der Waals surface area contributed by atoms with E-state index in [2.05, 4.69) is 0 Å². The third kappa shape index (κ3) is 4.06. The number of hydrogen-bond acceptors (Lipinski definition) is 4. The second-order valence-electron chi connectivity index (χ2n) is 6.70. The Hall–Kier alpha value is -2.24. The molecule has 2 heterocycles. The van der Waals surface area contributed by atoms with E-state index in [9.17, 15) is 9.59 Å². The Kier molecular flexibility index (Phi) is 5.46. The highest BCUT2D eigenvalue weighted by Crippen LogP contribution is 2.30. The van der Waals surface area contributed by atoms with Gasteiger partial charge in [-0.3, -0.25) is 9.59 Å². The monoisotopic (exact) mass is 346 g/mol. The van der Waals surface area contributed by atoms with E-state index in [0.29, 0.717) is 32.7 Å². The van der Waals surface area contributed by atoms with Gasteiger partial charge in [0.05, 0.1) is 12.5 Å². The molecule has 1 aromatic rings. The third-order valence-corrected chi connectivity index (χ3v) is 4.89. The smallest absolute Gasteiger partial charge is 0.227 e. The highest BCUT2D eigenvalue weighted by Gasteiger charge is 2.36. The lowest BCUT2D eigenvalue weighted by molar-refractivity contribution is -0.137. The largest absolute Gasteiger partial charge is 0.490 e. The molecule has 2 saturated heterocycles. The SMILES string of the molecule is CCOc1ccccc1OC1CCN(C(=O)C2CC(=O)N(C)C2)CC1. The Bertz CT molecular complexity index is 626. The van der Waals surface area contributed by atoms with Crippen molar-refractivity contribution in [1.82, 2.24) is 9.80 Å². The standard InChI is InChI=1S/C19H26N2O4/c1-3-24-16-6-4-5-7-17(16)25-15-8-10-21(11-9-15)19(23)14-12-18(22)20(2)13-14/h4-7,14-15H,3,8-13H2,1-2H3. The molecule has 2 aliphatic rings. The van der Waals surface area contributed by atoms with Crippen LogP contribution in [0.5, 0.6) is 11.5 Å². The van der Waals surface area contributed by atoms with Crippen LogP contribution in [-0.2, 0) is 9.59 Å². The lowest BCUT2D eigenvalue weighted by Crippen LogP contribution is -2.44. The van der Waals surface area contributed by atoms with Crippen LogP contribution >= 0.6 is 0 Å². The Balaban J connectivity index is 1.52. The van der Waals surface area contributed by atoms with Crippen LogP contribution in [0, 0.1) is 5.92 Å². The molecule has 0 saturated carbocycles. The van der Waals surface area contributed by atoms with E-state index in [4.69, 9.17) is 9.47 Å². The fraction of sp³-hybridized carbons (Fsp3) is 0.579. The molecule has 6 nitrogen and oxygen atoms in total. The molecule has 1 aromatic carbocycles. The summed E-state index contributed by atoms with van der Waals surface area (Å²) in [6, 6.07) is 7.69. The fourth-order valence-corrected chi connectivity index (χ4v) is 3.48. The van der Waals surface area contributed by atoms with Gasteiger partial charge in [0, 0.05) is 45.9 Å². The van der Waals surface area contributed by atoms with E-state index in [0.717, 1.165) is 24.3 Å². The highest BCUT2D eigenvalue weighted by molar-refractivity contribution is 5.89. The molecule has 3 rings (SSSR count). The number of likely N-dealkylation sites (tertiary alicyclic amines) is 2. The number of carbonyl (C=O) groups is 2. The summed E-state index contributed by atoms with van der Waals surface area (Å²) in [6.45, 7) is 4.44. The second-order valence-corrected chi connectivity index (χ2v) is 6.70. The first-order valence-electron chi connectivity index (χ1n) is 8.99.